The molecule has 0 saturated heterocycles. The number of carbonyl (C=O) groups is 2. The molecular weight excluding hydrogens is 352 g/mol. The van der Waals surface area contributed by atoms with Gasteiger partial charge in [0.2, 0.25) is 11.8 Å². The third-order valence-corrected chi connectivity index (χ3v) is 4.90. The van der Waals surface area contributed by atoms with Crippen LogP contribution in [-0.2, 0) is 15.0 Å². The molecule has 2 aromatic rings. The Morgan fingerprint density at radius 1 is 0.929 bits per heavy atom. The standard InChI is InChI=1S/C23H28N2O3/c1-5-28-20-13-9-8-12-19(20)25-22(27)16-14-15(16)21(26)24-18-11-7-6-10-17(18)23(2,3)4/h6-13,15-16H,5,14H2,1-4H3,(H,24,26)(H,25,27). The van der Waals surface area contributed by atoms with Crippen LogP contribution in [-0.4, -0.2) is 18.4 Å². The molecule has 0 aliphatic heterocycles. The third-order valence-electron chi connectivity index (χ3n) is 4.90. The Hall–Kier alpha value is -2.82. The SMILES string of the molecule is CCOc1ccccc1NC(=O)C1CC1C(=O)Nc1ccccc1C(C)(C)C. The predicted molar refractivity (Wildman–Crippen MR) is 112 cm³/mol. The highest BCUT2D eigenvalue weighted by Crippen LogP contribution is 2.41. The number of benzene rings is 2. The van der Waals surface area contributed by atoms with E-state index in [4.69, 9.17) is 4.74 Å². The zero-order valence-corrected chi connectivity index (χ0v) is 16.9. The van der Waals surface area contributed by atoms with E-state index in [-0.39, 0.29) is 29.1 Å². The molecule has 0 radical (unpaired) electrons. The van der Waals surface area contributed by atoms with Crippen molar-refractivity contribution in [3.8, 4) is 5.75 Å². The molecule has 2 amide bonds. The van der Waals surface area contributed by atoms with Crippen molar-refractivity contribution in [2.24, 2.45) is 11.8 Å². The first kappa shape index (κ1) is 19.9. The quantitative estimate of drug-likeness (QED) is 0.770. The highest BCUT2D eigenvalue weighted by molar-refractivity contribution is 6.04. The maximum absolute atomic E-state index is 12.7. The number of rotatable bonds is 6. The Morgan fingerprint density at radius 2 is 1.46 bits per heavy atom. The zero-order chi connectivity index (χ0) is 20.3. The highest BCUT2D eigenvalue weighted by Gasteiger charge is 2.48. The van der Waals surface area contributed by atoms with Crippen molar-refractivity contribution >= 4 is 23.2 Å². The van der Waals surface area contributed by atoms with Gasteiger partial charge in [-0.15, -0.1) is 0 Å². The number of carbonyl (C=O) groups excluding carboxylic acids is 2. The minimum atomic E-state index is -0.309. The molecule has 5 nitrogen and oxygen atoms in total. The van der Waals surface area contributed by atoms with E-state index in [1.54, 1.807) is 6.07 Å². The number of anilines is 2. The van der Waals surface area contributed by atoms with Crippen molar-refractivity contribution in [2.45, 2.75) is 39.5 Å². The monoisotopic (exact) mass is 380 g/mol. The normalized spacial score (nSPS) is 18.3. The summed E-state index contributed by atoms with van der Waals surface area (Å²) in [4.78, 5) is 25.3. The van der Waals surface area contributed by atoms with E-state index >= 15 is 0 Å². The molecule has 1 aliphatic carbocycles. The lowest BCUT2D eigenvalue weighted by atomic mass is 9.86. The lowest BCUT2D eigenvalue weighted by Gasteiger charge is -2.23. The molecule has 0 aromatic heterocycles. The Labute approximate surface area is 166 Å². The summed E-state index contributed by atoms with van der Waals surface area (Å²) >= 11 is 0. The summed E-state index contributed by atoms with van der Waals surface area (Å²) in [5.41, 5.74) is 2.45. The second kappa shape index (κ2) is 8.05. The van der Waals surface area contributed by atoms with E-state index in [2.05, 4.69) is 31.4 Å². The molecule has 0 spiro atoms. The average Bonchev–Trinajstić information content (AvgIpc) is 3.44. The van der Waals surface area contributed by atoms with Gasteiger partial charge in [0.25, 0.3) is 0 Å². The highest BCUT2D eigenvalue weighted by atomic mass is 16.5. The molecule has 1 fully saturated rings. The van der Waals surface area contributed by atoms with Crippen LogP contribution < -0.4 is 15.4 Å². The molecule has 2 N–H and O–H groups in total. The minimum absolute atomic E-state index is 0.0762. The van der Waals surface area contributed by atoms with Crippen LogP contribution in [0.1, 0.15) is 39.7 Å². The number of para-hydroxylation sites is 3. The molecule has 5 heteroatoms. The van der Waals surface area contributed by atoms with Gasteiger partial charge in [-0.25, -0.2) is 0 Å². The molecule has 2 atom stereocenters. The number of hydrogen-bond acceptors (Lipinski definition) is 3. The summed E-state index contributed by atoms with van der Waals surface area (Å²) in [6, 6.07) is 15.1. The van der Waals surface area contributed by atoms with Crippen molar-refractivity contribution < 1.29 is 14.3 Å². The fourth-order valence-electron chi connectivity index (χ4n) is 3.32. The Morgan fingerprint density at radius 3 is 2.07 bits per heavy atom. The van der Waals surface area contributed by atoms with Gasteiger partial charge in [-0.3, -0.25) is 9.59 Å². The Kier molecular flexibility index (Phi) is 5.73. The summed E-state index contributed by atoms with van der Waals surface area (Å²) in [7, 11) is 0. The van der Waals surface area contributed by atoms with Gasteiger partial charge in [0.1, 0.15) is 5.75 Å². The number of amides is 2. The van der Waals surface area contributed by atoms with Crippen molar-refractivity contribution in [1.29, 1.82) is 0 Å². The largest absolute Gasteiger partial charge is 0.492 e. The van der Waals surface area contributed by atoms with Crippen LogP contribution in [0.5, 0.6) is 5.75 Å². The maximum atomic E-state index is 12.7. The Balaban J connectivity index is 1.63. The lowest BCUT2D eigenvalue weighted by molar-refractivity contribution is -0.122. The summed E-state index contributed by atoms with van der Waals surface area (Å²) in [6.45, 7) is 8.76. The van der Waals surface area contributed by atoms with Gasteiger partial charge < -0.3 is 15.4 Å². The first-order valence-corrected chi connectivity index (χ1v) is 9.74. The molecule has 0 heterocycles. The zero-order valence-electron chi connectivity index (χ0n) is 16.9. The summed E-state index contributed by atoms with van der Waals surface area (Å²) < 4.78 is 5.54. The van der Waals surface area contributed by atoms with Gasteiger partial charge in [0.05, 0.1) is 24.1 Å². The predicted octanol–water partition coefficient (Wildman–Crippen LogP) is 4.60. The number of hydrogen-bond donors (Lipinski definition) is 2. The van der Waals surface area contributed by atoms with Gasteiger partial charge in [-0.2, -0.15) is 0 Å². The van der Waals surface area contributed by atoms with Crippen LogP contribution in [0.25, 0.3) is 0 Å². The molecule has 3 rings (SSSR count). The Bertz CT molecular complexity index is 870. The van der Waals surface area contributed by atoms with Crippen LogP contribution in [0.4, 0.5) is 11.4 Å². The molecule has 1 aliphatic rings. The van der Waals surface area contributed by atoms with Crippen molar-refractivity contribution in [2.75, 3.05) is 17.2 Å². The van der Waals surface area contributed by atoms with Crippen LogP contribution in [0, 0.1) is 11.8 Å². The molecular formula is C23H28N2O3. The van der Waals surface area contributed by atoms with Crippen molar-refractivity contribution in [1.82, 2.24) is 0 Å². The molecule has 148 valence electrons. The molecule has 1 saturated carbocycles. The molecule has 2 unspecified atom stereocenters. The van der Waals surface area contributed by atoms with Gasteiger partial charge in [-0.1, -0.05) is 51.1 Å². The van der Waals surface area contributed by atoms with Crippen LogP contribution >= 0.6 is 0 Å². The summed E-state index contributed by atoms with van der Waals surface area (Å²) in [5, 5.41) is 5.91. The fourth-order valence-corrected chi connectivity index (χ4v) is 3.32. The van der Waals surface area contributed by atoms with E-state index in [1.807, 2.05) is 49.4 Å². The minimum Gasteiger partial charge on any atom is -0.492 e. The topological polar surface area (TPSA) is 67.4 Å². The number of ether oxygens (including phenoxy) is 1. The first-order valence-electron chi connectivity index (χ1n) is 9.74. The first-order chi connectivity index (χ1) is 13.3. The van der Waals surface area contributed by atoms with Crippen LogP contribution in [0.15, 0.2) is 48.5 Å². The summed E-state index contributed by atoms with van der Waals surface area (Å²) in [5.74, 6) is -0.214. The fraction of sp³-hybridized carbons (Fsp3) is 0.391. The van der Waals surface area contributed by atoms with Gasteiger partial charge in [0, 0.05) is 5.69 Å². The van der Waals surface area contributed by atoms with Crippen LogP contribution in [0.2, 0.25) is 0 Å². The van der Waals surface area contributed by atoms with E-state index < -0.39 is 0 Å². The molecule has 0 bridgehead atoms. The molecule has 28 heavy (non-hydrogen) atoms. The van der Waals surface area contributed by atoms with E-state index in [0.717, 1.165) is 11.3 Å². The molecule has 2 aromatic carbocycles. The van der Waals surface area contributed by atoms with Gasteiger partial charge >= 0.3 is 0 Å². The lowest BCUT2D eigenvalue weighted by Crippen LogP contribution is -2.23. The van der Waals surface area contributed by atoms with Crippen molar-refractivity contribution in [3.05, 3.63) is 54.1 Å². The van der Waals surface area contributed by atoms with E-state index in [0.29, 0.717) is 24.5 Å². The van der Waals surface area contributed by atoms with E-state index in [1.165, 1.54) is 0 Å². The van der Waals surface area contributed by atoms with Crippen molar-refractivity contribution in [3.63, 3.8) is 0 Å². The maximum Gasteiger partial charge on any atom is 0.228 e. The number of nitrogens with one attached hydrogen (secondary N) is 2. The van der Waals surface area contributed by atoms with E-state index in [9.17, 15) is 9.59 Å². The second-order valence-corrected chi connectivity index (χ2v) is 8.15. The second-order valence-electron chi connectivity index (χ2n) is 8.15. The third kappa shape index (κ3) is 4.53. The van der Waals surface area contributed by atoms with Gasteiger partial charge in [0.15, 0.2) is 0 Å². The average molecular weight is 380 g/mol. The van der Waals surface area contributed by atoms with Gasteiger partial charge in [-0.05, 0) is 42.5 Å². The van der Waals surface area contributed by atoms with Crippen LogP contribution in [0.3, 0.4) is 0 Å². The smallest absolute Gasteiger partial charge is 0.228 e. The summed E-state index contributed by atoms with van der Waals surface area (Å²) in [6.07, 6.45) is 0.562.